The van der Waals surface area contributed by atoms with Crippen LogP contribution in [0.4, 0.5) is 5.69 Å². The third-order valence-corrected chi connectivity index (χ3v) is 7.13. The Morgan fingerprint density at radius 2 is 2.15 bits per heavy atom. The van der Waals surface area contributed by atoms with E-state index in [4.69, 9.17) is 11.6 Å². The average molecular weight is 420 g/mol. The largest absolute Gasteiger partial charge is 0.506 e. The lowest BCUT2D eigenvalue weighted by molar-refractivity contribution is -0.115. The summed E-state index contributed by atoms with van der Waals surface area (Å²) in [7, 11) is 0. The van der Waals surface area contributed by atoms with Crippen molar-refractivity contribution in [2.24, 2.45) is 0 Å². The number of halogens is 1. The van der Waals surface area contributed by atoms with E-state index < -0.39 is 0 Å². The van der Waals surface area contributed by atoms with Crippen LogP contribution in [0.25, 0.3) is 10.2 Å². The maximum Gasteiger partial charge on any atom is 0.237 e. The van der Waals surface area contributed by atoms with Gasteiger partial charge in [-0.05, 0) is 56.4 Å². The van der Waals surface area contributed by atoms with Crippen molar-refractivity contribution >= 4 is 56.5 Å². The lowest BCUT2D eigenvalue weighted by Crippen LogP contribution is -2.22. The number of thiophene rings is 1. The van der Waals surface area contributed by atoms with Gasteiger partial charge in [-0.2, -0.15) is 0 Å². The number of nitrogens with zero attached hydrogens (tertiary/aromatic N) is 2. The molecule has 0 spiro atoms. The molecule has 0 radical (unpaired) electrons. The van der Waals surface area contributed by atoms with E-state index in [-0.39, 0.29) is 16.9 Å². The molecular formula is C19H18ClN3O2S2. The Bertz CT molecular complexity index is 1020. The van der Waals surface area contributed by atoms with Crippen molar-refractivity contribution in [3.63, 3.8) is 0 Å². The van der Waals surface area contributed by atoms with Crippen molar-refractivity contribution in [1.82, 2.24) is 9.97 Å². The van der Waals surface area contributed by atoms with Crippen LogP contribution in [-0.2, 0) is 17.6 Å². The zero-order chi connectivity index (χ0) is 19.0. The van der Waals surface area contributed by atoms with E-state index in [2.05, 4.69) is 15.3 Å². The number of fused-ring (bicyclic) bond motifs is 3. The van der Waals surface area contributed by atoms with Crippen molar-refractivity contribution in [2.75, 3.05) is 5.32 Å². The van der Waals surface area contributed by atoms with Crippen LogP contribution in [0.5, 0.6) is 5.75 Å². The highest BCUT2D eigenvalue weighted by atomic mass is 35.5. The van der Waals surface area contributed by atoms with Crippen LogP contribution >= 0.6 is 34.7 Å². The average Bonchev–Trinajstić information content (AvgIpc) is 3.04. The molecule has 2 heterocycles. The lowest BCUT2D eigenvalue weighted by Gasteiger charge is -2.14. The van der Waals surface area contributed by atoms with Crippen molar-refractivity contribution < 1.29 is 9.90 Å². The van der Waals surface area contributed by atoms with Gasteiger partial charge in [0.05, 0.1) is 10.9 Å². The van der Waals surface area contributed by atoms with E-state index in [1.54, 1.807) is 23.7 Å². The lowest BCUT2D eigenvalue weighted by atomic mass is 9.97. The number of carbonyl (C=O) groups excluding carboxylic acids is 1. The molecule has 1 aromatic carbocycles. The molecule has 1 atom stereocenters. The van der Waals surface area contributed by atoms with Crippen LogP contribution in [-0.4, -0.2) is 26.2 Å². The zero-order valence-corrected chi connectivity index (χ0v) is 17.0. The van der Waals surface area contributed by atoms with Gasteiger partial charge in [-0.3, -0.25) is 4.79 Å². The Balaban J connectivity index is 1.57. The van der Waals surface area contributed by atoms with Crippen LogP contribution in [0.15, 0.2) is 29.6 Å². The number of rotatable bonds is 4. The fraction of sp³-hybridized carbons (Fsp3) is 0.316. The Morgan fingerprint density at radius 3 is 3.00 bits per heavy atom. The number of aromatic hydroxyl groups is 1. The Hall–Kier alpha value is -1.83. The van der Waals surface area contributed by atoms with Gasteiger partial charge in [0.1, 0.15) is 21.9 Å². The second-order valence-corrected chi connectivity index (χ2v) is 9.33. The first-order valence-corrected chi connectivity index (χ1v) is 10.8. The molecule has 4 rings (SSSR count). The molecule has 1 aliphatic carbocycles. The van der Waals surface area contributed by atoms with Gasteiger partial charge in [0.15, 0.2) is 0 Å². The molecule has 2 aromatic heterocycles. The molecule has 0 saturated heterocycles. The molecule has 27 heavy (non-hydrogen) atoms. The molecule has 140 valence electrons. The van der Waals surface area contributed by atoms with Crippen LogP contribution in [0, 0.1) is 0 Å². The van der Waals surface area contributed by atoms with E-state index >= 15 is 0 Å². The van der Waals surface area contributed by atoms with E-state index in [0.29, 0.717) is 10.7 Å². The summed E-state index contributed by atoms with van der Waals surface area (Å²) < 4.78 is 0. The zero-order valence-electron chi connectivity index (χ0n) is 14.7. The molecule has 1 aliphatic rings. The number of benzene rings is 1. The predicted octanol–water partition coefficient (Wildman–Crippen LogP) is 5.05. The van der Waals surface area contributed by atoms with E-state index in [0.717, 1.165) is 28.1 Å². The standard InChI is InChI=1S/C19H18ClN3O2S2/c1-10(17(25)23-13-8-11(20)6-7-14(13)24)26-18-16-12-4-2-3-5-15(12)27-19(16)22-9-21-18/h6-10,24H,2-5H2,1H3,(H,23,25). The summed E-state index contributed by atoms with van der Waals surface area (Å²) in [4.78, 5) is 23.9. The number of phenols is 1. The fourth-order valence-electron chi connectivity index (χ4n) is 3.21. The van der Waals surface area contributed by atoms with E-state index in [9.17, 15) is 9.90 Å². The second kappa shape index (κ2) is 7.66. The summed E-state index contributed by atoms with van der Waals surface area (Å²) in [5.41, 5.74) is 1.66. The molecule has 1 unspecified atom stereocenters. The van der Waals surface area contributed by atoms with Crippen molar-refractivity contribution in [2.45, 2.75) is 42.9 Å². The number of aromatic nitrogens is 2. The molecule has 1 amide bonds. The SMILES string of the molecule is CC(Sc1ncnc2sc3c(c12)CCCC3)C(=O)Nc1cc(Cl)ccc1O. The molecule has 3 aromatic rings. The minimum absolute atomic E-state index is 0.0127. The highest BCUT2D eigenvalue weighted by Gasteiger charge is 2.23. The van der Waals surface area contributed by atoms with E-state index in [1.807, 2.05) is 6.92 Å². The Labute approximate surface area is 170 Å². The first kappa shape index (κ1) is 18.5. The highest BCUT2D eigenvalue weighted by Crippen LogP contribution is 2.40. The van der Waals surface area contributed by atoms with Gasteiger partial charge in [0.25, 0.3) is 0 Å². The van der Waals surface area contributed by atoms with E-state index in [1.165, 1.54) is 47.2 Å². The number of thioether (sulfide) groups is 1. The molecule has 8 heteroatoms. The molecule has 5 nitrogen and oxygen atoms in total. The van der Waals surface area contributed by atoms with Crippen molar-refractivity contribution in [3.8, 4) is 5.75 Å². The monoisotopic (exact) mass is 419 g/mol. The highest BCUT2D eigenvalue weighted by molar-refractivity contribution is 8.00. The molecule has 0 fully saturated rings. The number of hydrogen-bond acceptors (Lipinski definition) is 6. The summed E-state index contributed by atoms with van der Waals surface area (Å²) in [5.74, 6) is -0.227. The number of carbonyl (C=O) groups is 1. The van der Waals surface area contributed by atoms with Crippen molar-refractivity contribution in [1.29, 1.82) is 0 Å². The van der Waals surface area contributed by atoms with Gasteiger partial charge in [-0.1, -0.05) is 23.4 Å². The summed E-state index contributed by atoms with van der Waals surface area (Å²) in [5, 5.41) is 14.7. The summed E-state index contributed by atoms with van der Waals surface area (Å²) in [6.07, 6.45) is 6.12. The number of aryl methyl sites for hydroxylation is 2. The van der Waals surface area contributed by atoms with Gasteiger partial charge >= 0.3 is 0 Å². The van der Waals surface area contributed by atoms with Crippen LogP contribution < -0.4 is 5.32 Å². The van der Waals surface area contributed by atoms with Crippen molar-refractivity contribution in [3.05, 3.63) is 40.0 Å². The fourth-order valence-corrected chi connectivity index (χ4v) is 5.63. The van der Waals surface area contributed by atoms with Crippen LogP contribution in [0.3, 0.4) is 0 Å². The maximum atomic E-state index is 12.6. The third-order valence-electron chi connectivity index (χ3n) is 4.59. The molecular weight excluding hydrogens is 402 g/mol. The third kappa shape index (κ3) is 3.77. The predicted molar refractivity (Wildman–Crippen MR) is 111 cm³/mol. The second-order valence-electron chi connectivity index (χ2n) is 6.48. The number of hydrogen-bond donors (Lipinski definition) is 2. The van der Waals surface area contributed by atoms with Crippen LogP contribution in [0.2, 0.25) is 5.02 Å². The van der Waals surface area contributed by atoms with Gasteiger partial charge in [-0.15, -0.1) is 11.3 Å². The number of amides is 1. The topological polar surface area (TPSA) is 75.1 Å². The van der Waals surface area contributed by atoms with Gasteiger partial charge in [0.2, 0.25) is 5.91 Å². The molecule has 0 aliphatic heterocycles. The van der Waals surface area contributed by atoms with Gasteiger partial charge in [-0.25, -0.2) is 9.97 Å². The molecule has 0 bridgehead atoms. The maximum absolute atomic E-state index is 12.6. The molecule has 0 saturated carbocycles. The smallest absolute Gasteiger partial charge is 0.237 e. The Kier molecular flexibility index (Phi) is 5.25. The van der Waals surface area contributed by atoms with Crippen LogP contribution in [0.1, 0.15) is 30.2 Å². The normalized spacial score (nSPS) is 14.7. The summed E-state index contributed by atoms with van der Waals surface area (Å²) in [6, 6.07) is 4.56. The minimum Gasteiger partial charge on any atom is -0.506 e. The quantitative estimate of drug-likeness (QED) is 0.351. The van der Waals surface area contributed by atoms with Gasteiger partial charge < -0.3 is 10.4 Å². The Morgan fingerprint density at radius 1 is 1.33 bits per heavy atom. The summed E-state index contributed by atoms with van der Waals surface area (Å²) in [6.45, 7) is 1.83. The molecule has 2 N–H and O–H groups in total. The van der Waals surface area contributed by atoms with Gasteiger partial charge in [0, 0.05) is 15.3 Å². The first-order chi connectivity index (χ1) is 13.0. The summed E-state index contributed by atoms with van der Waals surface area (Å²) >= 11 is 9.11. The number of nitrogens with one attached hydrogen (secondary N) is 1. The number of anilines is 1. The first-order valence-electron chi connectivity index (χ1n) is 8.74. The number of phenolic OH excluding ortho intramolecular Hbond substituents is 1. The minimum atomic E-state index is -0.388.